The maximum Gasteiger partial charge on any atom is 0.120 e. The van der Waals surface area contributed by atoms with Gasteiger partial charge in [0.2, 0.25) is 0 Å². The van der Waals surface area contributed by atoms with Gasteiger partial charge in [-0.15, -0.1) is 0 Å². The minimum atomic E-state index is 0.635. The van der Waals surface area contributed by atoms with Crippen LogP contribution in [0.5, 0.6) is 0 Å². The molecule has 0 spiro atoms. The van der Waals surface area contributed by atoms with E-state index in [0.717, 1.165) is 24.8 Å². The number of aryl methyl sites for hydroxylation is 3. The quantitative estimate of drug-likeness (QED) is 0.498. The highest BCUT2D eigenvalue weighted by atomic mass is 16.1. The van der Waals surface area contributed by atoms with Gasteiger partial charge >= 0.3 is 0 Å². The number of rotatable bonds is 4. The lowest BCUT2D eigenvalue weighted by atomic mass is 10.1. The van der Waals surface area contributed by atoms with E-state index in [4.69, 9.17) is 0 Å². The van der Waals surface area contributed by atoms with E-state index >= 15 is 0 Å². The zero-order valence-electron chi connectivity index (χ0n) is 7.58. The summed E-state index contributed by atoms with van der Waals surface area (Å²) >= 11 is 0. The second kappa shape index (κ2) is 4.04. The molecule has 3 heteroatoms. The summed E-state index contributed by atoms with van der Waals surface area (Å²) in [6.45, 7) is 2.04. The highest BCUT2D eigenvalue weighted by Gasteiger charge is 2.01. The molecule has 0 N–H and O–H groups in total. The average Bonchev–Trinajstić information content (AvgIpc) is 2.31. The summed E-state index contributed by atoms with van der Waals surface area (Å²) in [6.07, 6.45) is 5.40. The summed E-state index contributed by atoms with van der Waals surface area (Å²) in [7, 11) is 1.91. The molecule has 0 atom stereocenters. The number of nitrogens with zero attached hydrogens (tertiary/aromatic N) is 2. The molecular weight excluding hydrogens is 152 g/mol. The molecule has 0 radical (unpaired) electrons. The fourth-order valence-electron chi connectivity index (χ4n) is 1.25. The minimum Gasteiger partial charge on any atom is -0.303 e. The zero-order chi connectivity index (χ0) is 8.97. The third-order valence-electron chi connectivity index (χ3n) is 1.85. The molecule has 0 aliphatic rings. The van der Waals surface area contributed by atoms with Crippen LogP contribution < -0.4 is 0 Å². The molecule has 0 saturated carbocycles. The summed E-state index contributed by atoms with van der Waals surface area (Å²) in [5.41, 5.74) is 2.32. The lowest BCUT2D eigenvalue weighted by molar-refractivity contribution is -0.107. The molecule has 0 fully saturated rings. The number of aromatic nitrogens is 2. The normalized spacial score (nSPS) is 10.2. The van der Waals surface area contributed by atoms with Crippen LogP contribution in [0.1, 0.15) is 24.1 Å². The van der Waals surface area contributed by atoms with E-state index in [1.54, 1.807) is 0 Å². The first-order valence-electron chi connectivity index (χ1n) is 4.17. The fraction of sp³-hybridized carbons (Fsp3) is 0.556. The second-order valence-electron chi connectivity index (χ2n) is 2.99. The predicted molar refractivity (Wildman–Crippen MR) is 46.9 cm³/mol. The summed E-state index contributed by atoms with van der Waals surface area (Å²) in [5.74, 6) is 0. The van der Waals surface area contributed by atoms with E-state index in [0.29, 0.717) is 6.42 Å². The Morgan fingerprint density at radius 1 is 1.67 bits per heavy atom. The molecule has 0 aliphatic carbocycles. The van der Waals surface area contributed by atoms with Crippen LogP contribution in [0.15, 0.2) is 6.20 Å². The summed E-state index contributed by atoms with van der Waals surface area (Å²) in [4.78, 5) is 10.1. The topological polar surface area (TPSA) is 34.9 Å². The van der Waals surface area contributed by atoms with Crippen molar-refractivity contribution >= 4 is 6.29 Å². The molecule has 0 saturated heterocycles. The minimum absolute atomic E-state index is 0.635. The molecule has 0 aliphatic heterocycles. The monoisotopic (exact) mass is 166 g/mol. The Balaban J connectivity index is 2.50. The van der Waals surface area contributed by atoms with Crippen molar-refractivity contribution in [1.82, 2.24) is 9.78 Å². The molecule has 1 aromatic rings. The largest absolute Gasteiger partial charge is 0.303 e. The van der Waals surface area contributed by atoms with Gasteiger partial charge < -0.3 is 4.79 Å². The van der Waals surface area contributed by atoms with Crippen LogP contribution >= 0.6 is 0 Å². The van der Waals surface area contributed by atoms with Crippen LogP contribution in [0.4, 0.5) is 0 Å². The van der Waals surface area contributed by atoms with Crippen molar-refractivity contribution in [3.8, 4) is 0 Å². The van der Waals surface area contributed by atoms with Gasteiger partial charge in [0.1, 0.15) is 6.29 Å². The lowest BCUT2D eigenvalue weighted by Gasteiger charge is -1.93. The van der Waals surface area contributed by atoms with Crippen molar-refractivity contribution < 1.29 is 4.79 Å². The van der Waals surface area contributed by atoms with Crippen LogP contribution in [0.3, 0.4) is 0 Å². The number of hydrogen-bond acceptors (Lipinski definition) is 2. The third kappa shape index (κ3) is 2.19. The smallest absolute Gasteiger partial charge is 0.120 e. The van der Waals surface area contributed by atoms with Crippen LogP contribution in [0, 0.1) is 6.92 Å². The summed E-state index contributed by atoms with van der Waals surface area (Å²) in [6, 6.07) is 0. The van der Waals surface area contributed by atoms with E-state index in [1.807, 2.05) is 24.9 Å². The molecule has 1 rings (SSSR count). The molecule has 12 heavy (non-hydrogen) atoms. The lowest BCUT2D eigenvalue weighted by Crippen LogP contribution is -1.92. The molecule has 1 aromatic heterocycles. The Morgan fingerprint density at radius 3 is 2.92 bits per heavy atom. The Kier molecular flexibility index (Phi) is 3.02. The zero-order valence-corrected chi connectivity index (χ0v) is 7.58. The molecule has 0 bridgehead atoms. The summed E-state index contributed by atoms with van der Waals surface area (Å²) < 4.78 is 1.81. The van der Waals surface area contributed by atoms with E-state index in [-0.39, 0.29) is 0 Å². The predicted octanol–water partition coefficient (Wildman–Crippen LogP) is 1.25. The van der Waals surface area contributed by atoms with Gasteiger partial charge in [-0.25, -0.2) is 0 Å². The SMILES string of the molecule is Cc1cn(C)nc1CCCC=O. The van der Waals surface area contributed by atoms with Crippen molar-refractivity contribution in [2.45, 2.75) is 26.2 Å². The van der Waals surface area contributed by atoms with Crippen LogP contribution in [0.2, 0.25) is 0 Å². The van der Waals surface area contributed by atoms with Crippen LogP contribution in [0.25, 0.3) is 0 Å². The first-order chi connectivity index (χ1) is 5.74. The van der Waals surface area contributed by atoms with E-state index in [9.17, 15) is 4.79 Å². The van der Waals surface area contributed by atoms with Gasteiger partial charge in [-0.3, -0.25) is 4.68 Å². The van der Waals surface area contributed by atoms with Gasteiger partial charge in [0.25, 0.3) is 0 Å². The van der Waals surface area contributed by atoms with Crippen molar-refractivity contribution in [2.24, 2.45) is 7.05 Å². The number of carbonyl (C=O) groups excluding carboxylic acids is 1. The molecular formula is C9H14N2O. The van der Waals surface area contributed by atoms with E-state index in [2.05, 4.69) is 5.10 Å². The molecule has 0 aromatic carbocycles. The summed E-state index contributed by atoms with van der Waals surface area (Å²) in [5, 5.41) is 4.28. The molecule has 66 valence electrons. The van der Waals surface area contributed by atoms with E-state index in [1.165, 1.54) is 5.56 Å². The molecule has 0 amide bonds. The first kappa shape index (κ1) is 8.97. The Labute approximate surface area is 72.4 Å². The number of carbonyl (C=O) groups is 1. The highest BCUT2D eigenvalue weighted by Crippen LogP contribution is 2.07. The van der Waals surface area contributed by atoms with Crippen molar-refractivity contribution in [3.05, 3.63) is 17.5 Å². The second-order valence-corrected chi connectivity index (χ2v) is 2.99. The fourth-order valence-corrected chi connectivity index (χ4v) is 1.25. The van der Waals surface area contributed by atoms with Gasteiger partial charge in [-0.05, 0) is 25.3 Å². The standard InChI is InChI=1S/C9H14N2O/c1-8-7-11(2)10-9(8)5-3-4-6-12/h6-7H,3-5H2,1-2H3. The Morgan fingerprint density at radius 2 is 2.42 bits per heavy atom. The maximum absolute atomic E-state index is 10.1. The maximum atomic E-state index is 10.1. The average molecular weight is 166 g/mol. The van der Waals surface area contributed by atoms with Gasteiger partial charge in [-0.2, -0.15) is 5.10 Å². The number of hydrogen-bond donors (Lipinski definition) is 0. The van der Waals surface area contributed by atoms with Gasteiger partial charge in [0.15, 0.2) is 0 Å². The van der Waals surface area contributed by atoms with Crippen LogP contribution in [-0.4, -0.2) is 16.1 Å². The number of aldehydes is 1. The van der Waals surface area contributed by atoms with E-state index < -0.39 is 0 Å². The van der Waals surface area contributed by atoms with Crippen molar-refractivity contribution in [1.29, 1.82) is 0 Å². The van der Waals surface area contributed by atoms with Crippen molar-refractivity contribution in [3.63, 3.8) is 0 Å². The van der Waals surface area contributed by atoms with Crippen molar-refractivity contribution in [2.75, 3.05) is 0 Å². The third-order valence-corrected chi connectivity index (χ3v) is 1.85. The number of unbranched alkanes of at least 4 members (excludes halogenated alkanes) is 1. The molecule has 0 unspecified atom stereocenters. The Bertz CT molecular complexity index is 265. The first-order valence-corrected chi connectivity index (χ1v) is 4.17. The van der Waals surface area contributed by atoms with Gasteiger partial charge in [-0.1, -0.05) is 0 Å². The Hall–Kier alpha value is -1.12. The van der Waals surface area contributed by atoms with Gasteiger partial charge in [0.05, 0.1) is 5.69 Å². The highest BCUT2D eigenvalue weighted by molar-refractivity contribution is 5.49. The van der Waals surface area contributed by atoms with Gasteiger partial charge in [0, 0.05) is 19.7 Å². The molecule has 3 nitrogen and oxygen atoms in total. The van der Waals surface area contributed by atoms with Crippen LogP contribution in [-0.2, 0) is 18.3 Å². The molecule has 1 heterocycles.